The van der Waals surface area contributed by atoms with Crippen molar-refractivity contribution >= 4 is 16.2 Å². The second-order valence-corrected chi connectivity index (χ2v) is 7.57. The molecular formula is C15H22N2O3S. The first-order chi connectivity index (χ1) is 9.73. The molecule has 0 aliphatic rings. The molecule has 0 atom stereocenters. The van der Waals surface area contributed by atoms with E-state index >= 15 is 0 Å². The molecule has 0 saturated heterocycles. The number of sulfonamides is 1. The average molecular weight is 310 g/mol. The zero-order valence-corrected chi connectivity index (χ0v) is 13.5. The number of oxime groups is 1. The van der Waals surface area contributed by atoms with E-state index in [9.17, 15) is 8.42 Å². The van der Waals surface area contributed by atoms with Crippen LogP contribution in [-0.2, 0) is 10.0 Å². The molecule has 0 saturated carbocycles. The van der Waals surface area contributed by atoms with E-state index in [1.54, 1.807) is 38.1 Å². The van der Waals surface area contributed by atoms with Crippen molar-refractivity contribution in [2.45, 2.75) is 25.7 Å². The quantitative estimate of drug-likeness (QED) is 0.364. The highest BCUT2D eigenvalue weighted by atomic mass is 32.2. The van der Waals surface area contributed by atoms with Gasteiger partial charge < -0.3 is 5.21 Å². The molecule has 0 aromatic heterocycles. The van der Waals surface area contributed by atoms with Crippen molar-refractivity contribution in [3.8, 4) is 0 Å². The van der Waals surface area contributed by atoms with Crippen molar-refractivity contribution in [2.24, 2.45) is 10.6 Å². The molecule has 0 radical (unpaired) electrons. The van der Waals surface area contributed by atoms with Crippen molar-refractivity contribution in [2.75, 3.05) is 13.1 Å². The second-order valence-electron chi connectivity index (χ2n) is 5.63. The molecule has 1 N–H and O–H groups in total. The molecular weight excluding hydrogens is 288 g/mol. The van der Waals surface area contributed by atoms with Gasteiger partial charge in [-0.15, -0.1) is 11.7 Å². The van der Waals surface area contributed by atoms with Gasteiger partial charge in [0.15, 0.2) is 0 Å². The van der Waals surface area contributed by atoms with Crippen LogP contribution in [0.15, 0.2) is 47.0 Å². The number of aryl methyl sites for hydroxylation is 1. The van der Waals surface area contributed by atoms with Gasteiger partial charge >= 0.3 is 0 Å². The minimum atomic E-state index is -3.61. The van der Waals surface area contributed by atoms with Gasteiger partial charge in [0.2, 0.25) is 10.0 Å². The molecule has 0 aliphatic carbocycles. The third kappa shape index (κ3) is 4.68. The first-order valence-corrected chi connectivity index (χ1v) is 8.03. The Bertz CT molecular complexity index is 604. The Morgan fingerprint density at radius 2 is 1.90 bits per heavy atom. The third-order valence-electron chi connectivity index (χ3n) is 2.98. The first kappa shape index (κ1) is 17.4. The SMILES string of the molecule is C=CCN(CC(C)(C)/C=N/O)S(=O)(=O)c1ccc(C)cc1. The van der Waals surface area contributed by atoms with E-state index in [0.717, 1.165) is 5.56 Å². The molecule has 21 heavy (non-hydrogen) atoms. The zero-order valence-electron chi connectivity index (χ0n) is 12.7. The van der Waals surface area contributed by atoms with Crippen molar-refractivity contribution in [3.05, 3.63) is 42.5 Å². The summed E-state index contributed by atoms with van der Waals surface area (Å²) >= 11 is 0. The number of nitrogens with zero attached hydrogens (tertiary/aromatic N) is 2. The Kier molecular flexibility index (Phi) is 5.69. The highest BCUT2D eigenvalue weighted by molar-refractivity contribution is 7.89. The molecule has 0 aliphatic heterocycles. The molecule has 5 nitrogen and oxygen atoms in total. The maximum atomic E-state index is 12.7. The van der Waals surface area contributed by atoms with Crippen LogP contribution in [0.5, 0.6) is 0 Å². The van der Waals surface area contributed by atoms with Crippen LogP contribution in [0.3, 0.4) is 0 Å². The van der Waals surface area contributed by atoms with Gasteiger partial charge in [-0.2, -0.15) is 4.31 Å². The Morgan fingerprint density at radius 1 is 1.33 bits per heavy atom. The highest BCUT2D eigenvalue weighted by Crippen LogP contribution is 2.22. The average Bonchev–Trinajstić information content (AvgIpc) is 2.38. The van der Waals surface area contributed by atoms with E-state index in [1.165, 1.54) is 16.6 Å². The van der Waals surface area contributed by atoms with Crippen LogP contribution >= 0.6 is 0 Å². The van der Waals surface area contributed by atoms with Gasteiger partial charge in [-0.1, -0.05) is 37.6 Å². The molecule has 116 valence electrons. The number of benzene rings is 1. The van der Waals surface area contributed by atoms with E-state index in [1.807, 2.05) is 6.92 Å². The summed E-state index contributed by atoms with van der Waals surface area (Å²) in [6, 6.07) is 6.71. The lowest BCUT2D eigenvalue weighted by molar-refractivity contribution is 0.302. The fraction of sp³-hybridized carbons (Fsp3) is 0.400. The van der Waals surface area contributed by atoms with Gasteiger partial charge in [0, 0.05) is 18.5 Å². The van der Waals surface area contributed by atoms with Crippen molar-refractivity contribution in [3.63, 3.8) is 0 Å². The lowest BCUT2D eigenvalue weighted by Crippen LogP contribution is -2.39. The Hall–Kier alpha value is -1.66. The largest absolute Gasteiger partial charge is 0.411 e. The molecule has 1 aromatic carbocycles. The molecule has 0 spiro atoms. The van der Waals surface area contributed by atoms with Crippen LogP contribution in [0.1, 0.15) is 19.4 Å². The smallest absolute Gasteiger partial charge is 0.243 e. The van der Waals surface area contributed by atoms with Crippen LogP contribution < -0.4 is 0 Å². The normalized spacial score (nSPS) is 13.0. The Labute approximate surface area is 126 Å². The minimum Gasteiger partial charge on any atom is -0.411 e. The van der Waals surface area contributed by atoms with Gasteiger partial charge in [-0.3, -0.25) is 0 Å². The van der Waals surface area contributed by atoms with Gasteiger partial charge in [0.25, 0.3) is 0 Å². The maximum absolute atomic E-state index is 12.7. The van der Waals surface area contributed by atoms with Gasteiger partial charge in [-0.25, -0.2) is 8.42 Å². The summed E-state index contributed by atoms with van der Waals surface area (Å²) in [5.41, 5.74) is 0.409. The molecule has 0 amide bonds. The van der Waals surface area contributed by atoms with Crippen molar-refractivity contribution in [1.82, 2.24) is 4.31 Å². The summed E-state index contributed by atoms with van der Waals surface area (Å²) in [6.45, 7) is 9.50. The van der Waals surface area contributed by atoms with Crippen LogP contribution in [0.2, 0.25) is 0 Å². The van der Waals surface area contributed by atoms with Crippen molar-refractivity contribution in [1.29, 1.82) is 0 Å². The van der Waals surface area contributed by atoms with Crippen LogP contribution in [0.25, 0.3) is 0 Å². The first-order valence-electron chi connectivity index (χ1n) is 6.59. The molecule has 0 unspecified atom stereocenters. The minimum absolute atomic E-state index is 0.193. The summed E-state index contributed by atoms with van der Waals surface area (Å²) in [5.74, 6) is 0. The molecule has 1 rings (SSSR count). The lowest BCUT2D eigenvalue weighted by Gasteiger charge is -2.28. The van der Waals surface area contributed by atoms with Gasteiger partial charge in [0.05, 0.1) is 11.1 Å². The summed E-state index contributed by atoms with van der Waals surface area (Å²) in [7, 11) is -3.61. The van der Waals surface area contributed by atoms with Gasteiger partial charge in [-0.05, 0) is 19.1 Å². The lowest BCUT2D eigenvalue weighted by atomic mass is 9.95. The van der Waals surface area contributed by atoms with E-state index < -0.39 is 15.4 Å². The summed E-state index contributed by atoms with van der Waals surface area (Å²) in [6.07, 6.45) is 2.87. The Balaban J connectivity index is 3.14. The van der Waals surface area contributed by atoms with Gasteiger partial charge in [0.1, 0.15) is 0 Å². The Morgan fingerprint density at radius 3 is 2.38 bits per heavy atom. The van der Waals surface area contributed by atoms with Crippen LogP contribution in [0, 0.1) is 12.3 Å². The van der Waals surface area contributed by atoms with E-state index in [2.05, 4.69) is 11.7 Å². The monoisotopic (exact) mass is 310 g/mol. The predicted octanol–water partition coefficient (Wildman–Crippen LogP) is 2.66. The molecule has 6 heteroatoms. The predicted molar refractivity (Wildman–Crippen MR) is 84.2 cm³/mol. The van der Waals surface area contributed by atoms with Crippen LogP contribution in [0.4, 0.5) is 0 Å². The second kappa shape index (κ2) is 6.87. The van der Waals surface area contributed by atoms with E-state index in [0.29, 0.717) is 0 Å². The molecule has 1 aromatic rings. The topological polar surface area (TPSA) is 70.0 Å². The van der Waals surface area contributed by atoms with E-state index in [4.69, 9.17) is 5.21 Å². The van der Waals surface area contributed by atoms with Crippen molar-refractivity contribution < 1.29 is 13.6 Å². The highest BCUT2D eigenvalue weighted by Gasteiger charge is 2.29. The fourth-order valence-corrected chi connectivity index (χ4v) is 3.49. The molecule has 0 bridgehead atoms. The summed E-state index contributed by atoms with van der Waals surface area (Å²) in [4.78, 5) is 0.242. The fourth-order valence-electron chi connectivity index (χ4n) is 1.90. The molecule has 0 heterocycles. The molecule has 0 fully saturated rings. The standard InChI is InChI=1S/C15H22N2O3S/c1-5-10-17(12-15(3,4)11-16-18)21(19,20)14-8-6-13(2)7-9-14/h5-9,11,18H,1,10,12H2,2-4H3/b16-11+. The summed E-state index contributed by atoms with van der Waals surface area (Å²) in [5, 5.41) is 11.7. The maximum Gasteiger partial charge on any atom is 0.243 e. The zero-order chi connectivity index (χ0) is 16.1. The number of rotatable bonds is 7. The van der Waals surface area contributed by atoms with E-state index in [-0.39, 0.29) is 18.0 Å². The summed E-state index contributed by atoms with van der Waals surface area (Å²) < 4.78 is 26.7. The number of hydrogen-bond acceptors (Lipinski definition) is 4. The third-order valence-corrected chi connectivity index (χ3v) is 4.81. The van der Waals surface area contributed by atoms with Crippen LogP contribution in [-0.4, -0.2) is 37.2 Å². The number of hydrogen-bond donors (Lipinski definition) is 1.